The molecule has 0 spiro atoms. The molecule has 1 atom stereocenters. The Morgan fingerprint density at radius 2 is 1.87 bits per heavy atom. The highest BCUT2D eigenvalue weighted by Crippen LogP contribution is 2.22. The van der Waals surface area contributed by atoms with Gasteiger partial charge in [0.1, 0.15) is 0 Å². The van der Waals surface area contributed by atoms with Crippen LogP contribution in [0.5, 0.6) is 0 Å². The zero-order chi connectivity index (χ0) is 17.2. The molecule has 1 unspecified atom stereocenters. The Morgan fingerprint density at radius 3 is 2.48 bits per heavy atom. The first-order valence-electron chi connectivity index (χ1n) is 6.89. The number of benzene rings is 2. The fourth-order valence-electron chi connectivity index (χ4n) is 2.28. The van der Waals surface area contributed by atoms with Crippen molar-refractivity contribution in [1.82, 2.24) is 5.32 Å². The largest absolute Gasteiger partial charge is 0.345 e. The first-order chi connectivity index (χ1) is 10.7. The number of amides is 1. The molecule has 1 amide bonds. The number of carbonyl (C=O) groups is 1. The number of halogens is 1. The fraction of sp³-hybridized carbons (Fsp3) is 0.188. The van der Waals surface area contributed by atoms with E-state index in [0.29, 0.717) is 4.47 Å². The van der Waals surface area contributed by atoms with E-state index in [1.807, 2.05) is 38.1 Å². The molecule has 7 heteroatoms. The predicted molar refractivity (Wildman–Crippen MR) is 92.6 cm³/mol. The molecule has 0 aliphatic rings. The van der Waals surface area contributed by atoms with Gasteiger partial charge in [0.15, 0.2) is 0 Å². The molecular formula is C16H17BrN2O3S. The van der Waals surface area contributed by atoms with Crippen LogP contribution in [0.1, 0.15) is 34.5 Å². The number of carbonyl (C=O) groups excluding carboxylic acids is 1. The van der Waals surface area contributed by atoms with Crippen molar-refractivity contribution >= 4 is 31.9 Å². The molecule has 0 saturated carbocycles. The quantitative estimate of drug-likeness (QED) is 0.832. The van der Waals surface area contributed by atoms with Gasteiger partial charge in [0, 0.05) is 4.47 Å². The maximum atomic E-state index is 12.5. The lowest BCUT2D eigenvalue weighted by Crippen LogP contribution is -2.27. The van der Waals surface area contributed by atoms with Crippen LogP contribution in [0.15, 0.2) is 51.8 Å². The monoisotopic (exact) mass is 396 g/mol. The Bertz CT molecular complexity index is 850. The first-order valence-corrected chi connectivity index (χ1v) is 9.23. The summed E-state index contributed by atoms with van der Waals surface area (Å²) in [5, 5.41) is 7.98. The van der Waals surface area contributed by atoms with Gasteiger partial charge in [-0.05, 0) is 59.1 Å². The van der Waals surface area contributed by atoms with E-state index >= 15 is 0 Å². The molecule has 122 valence electrons. The minimum absolute atomic E-state index is 0.102. The molecule has 23 heavy (non-hydrogen) atoms. The second-order valence-electron chi connectivity index (χ2n) is 5.24. The van der Waals surface area contributed by atoms with Crippen molar-refractivity contribution in [3.8, 4) is 0 Å². The van der Waals surface area contributed by atoms with Crippen LogP contribution in [0.2, 0.25) is 0 Å². The standard InChI is InChI=1S/C16H17BrN2O3S/c1-10-5-3-4-6-13(10)11(2)19-16(20)14-9-12(23(18,21)22)7-8-15(14)17/h3-9,11H,1-2H3,(H,19,20)(H2,18,21,22). The van der Waals surface area contributed by atoms with Crippen LogP contribution < -0.4 is 10.5 Å². The molecule has 0 fully saturated rings. The molecular weight excluding hydrogens is 380 g/mol. The van der Waals surface area contributed by atoms with E-state index in [9.17, 15) is 13.2 Å². The molecule has 0 aliphatic heterocycles. The van der Waals surface area contributed by atoms with Gasteiger partial charge >= 0.3 is 0 Å². The van der Waals surface area contributed by atoms with Crippen LogP contribution >= 0.6 is 15.9 Å². The summed E-state index contributed by atoms with van der Waals surface area (Å²) in [5.41, 5.74) is 2.29. The second kappa shape index (κ2) is 6.82. The summed E-state index contributed by atoms with van der Waals surface area (Å²) in [7, 11) is -3.86. The summed E-state index contributed by atoms with van der Waals surface area (Å²) < 4.78 is 23.4. The zero-order valence-electron chi connectivity index (χ0n) is 12.7. The second-order valence-corrected chi connectivity index (χ2v) is 7.65. The lowest BCUT2D eigenvalue weighted by atomic mass is 10.0. The number of primary sulfonamides is 1. The van der Waals surface area contributed by atoms with E-state index < -0.39 is 10.0 Å². The van der Waals surface area contributed by atoms with E-state index in [-0.39, 0.29) is 22.4 Å². The van der Waals surface area contributed by atoms with Crippen molar-refractivity contribution in [3.05, 3.63) is 63.6 Å². The van der Waals surface area contributed by atoms with Gasteiger partial charge in [-0.15, -0.1) is 0 Å². The average molecular weight is 397 g/mol. The van der Waals surface area contributed by atoms with Crippen molar-refractivity contribution in [1.29, 1.82) is 0 Å². The fourth-order valence-corrected chi connectivity index (χ4v) is 3.25. The number of rotatable bonds is 4. The molecule has 0 aliphatic carbocycles. The average Bonchev–Trinajstić information content (AvgIpc) is 2.46. The SMILES string of the molecule is Cc1ccccc1C(C)NC(=O)c1cc(S(N)(=O)=O)ccc1Br. The van der Waals surface area contributed by atoms with Gasteiger partial charge in [-0.1, -0.05) is 24.3 Å². The first kappa shape index (κ1) is 17.7. The van der Waals surface area contributed by atoms with E-state index in [4.69, 9.17) is 5.14 Å². The smallest absolute Gasteiger partial charge is 0.252 e. The van der Waals surface area contributed by atoms with E-state index in [1.54, 1.807) is 0 Å². The van der Waals surface area contributed by atoms with Gasteiger partial charge in [0.25, 0.3) is 5.91 Å². The third-order valence-electron chi connectivity index (χ3n) is 3.51. The van der Waals surface area contributed by atoms with Gasteiger partial charge in [-0.25, -0.2) is 13.6 Å². The number of hydrogen-bond acceptors (Lipinski definition) is 3. The van der Waals surface area contributed by atoms with E-state index in [0.717, 1.165) is 11.1 Å². The van der Waals surface area contributed by atoms with E-state index in [2.05, 4.69) is 21.2 Å². The highest BCUT2D eigenvalue weighted by molar-refractivity contribution is 9.10. The highest BCUT2D eigenvalue weighted by Gasteiger charge is 2.18. The van der Waals surface area contributed by atoms with Crippen LogP contribution in [0.3, 0.4) is 0 Å². The molecule has 2 rings (SSSR count). The maximum Gasteiger partial charge on any atom is 0.252 e. The third kappa shape index (κ3) is 4.19. The Labute approximate surface area is 144 Å². The zero-order valence-corrected chi connectivity index (χ0v) is 15.1. The molecule has 0 aromatic heterocycles. The Balaban J connectivity index is 2.29. The van der Waals surface area contributed by atoms with Crippen LogP contribution in [0, 0.1) is 6.92 Å². The lowest BCUT2D eigenvalue weighted by Gasteiger charge is -2.17. The van der Waals surface area contributed by atoms with Crippen molar-refractivity contribution in [2.75, 3.05) is 0 Å². The van der Waals surface area contributed by atoms with Crippen LogP contribution in [0.25, 0.3) is 0 Å². The van der Waals surface area contributed by atoms with Crippen LogP contribution in [-0.4, -0.2) is 14.3 Å². The van der Waals surface area contributed by atoms with Crippen LogP contribution in [-0.2, 0) is 10.0 Å². The topological polar surface area (TPSA) is 89.3 Å². The van der Waals surface area contributed by atoms with Gasteiger partial charge in [0.2, 0.25) is 10.0 Å². The molecule has 3 N–H and O–H groups in total. The van der Waals surface area contributed by atoms with Gasteiger partial charge in [0.05, 0.1) is 16.5 Å². The summed E-state index contributed by atoms with van der Waals surface area (Å²) in [6.07, 6.45) is 0. The summed E-state index contributed by atoms with van der Waals surface area (Å²) in [6, 6.07) is 11.6. The van der Waals surface area contributed by atoms with Crippen molar-refractivity contribution < 1.29 is 13.2 Å². The molecule has 0 heterocycles. The molecule has 2 aromatic carbocycles. The lowest BCUT2D eigenvalue weighted by molar-refractivity contribution is 0.0939. The molecule has 0 bridgehead atoms. The number of nitrogens with two attached hydrogens (primary N) is 1. The number of hydrogen-bond donors (Lipinski definition) is 2. The minimum atomic E-state index is -3.86. The molecule has 0 radical (unpaired) electrons. The maximum absolute atomic E-state index is 12.5. The predicted octanol–water partition coefficient (Wildman–Crippen LogP) is 2.90. The third-order valence-corrected chi connectivity index (χ3v) is 5.12. The number of sulfonamides is 1. The molecule has 2 aromatic rings. The Kier molecular flexibility index (Phi) is 5.23. The normalized spacial score (nSPS) is 12.7. The number of nitrogens with one attached hydrogen (secondary N) is 1. The molecule has 0 saturated heterocycles. The van der Waals surface area contributed by atoms with E-state index in [1.165, 1.54) is 18.2 Å². The summed E-state index contributed by atoms with van der Waals surface area (Å²) in [5.74, 6) is -0.377. The van der Waals surface area contributed by atoms with Crippen molar-refractivity contribution in [3.63, 3.8) is 0 Å². The Hall–Kier alpha value is -1.70. The summed E-state index contributed by atoms with van der Waals surface area (Å²) in [4.78, 5) is 12.4. The summed E-state index contributed by atoms with van der Waals surface area (Å²) >= 11 is 3.26. The highest BCUT2D eigenvalue weighted by atomic mass is 79.9. The minimum Gasteiger partial charge on any atom is -0.345 e. The van der Waals surface area contributed by atoms with Gasteiger partial charge in [-0.2, -0.15) is 0 Å². The number of aryl methyl sites for hydroxylation is 1. The molecule has 5 nitrogen and oxygen atoms in total. The van der Waals surface area contributed by atoms with Gasteiger partial charge < -0.3 is 5.32 Å². The van der Waals surface area contributed by atoms with Crippen molar-refractivity contribution in [2.24, 2.45) is 5.14 Å². The Morgan fingerprint density at radius 1 is 1.22 bits per heavy atom. The summed E-state index contributed by atoms with van der Waals surface area (Å²) in [6.45, 7) is 3.84. The van der Waals surface area contributed by atoms with Crippen molar-refractivity contribution in [2.45, 2.75) is 24.8 Å². The van der Waals surface area contributed by atoms with Gasteiger partial charge in [-0.3, -0.25) is 4.79 Å². The van der Waals surface area contributed by atoms with Crippen LogP contribution in [0.4, 0.5) is 0 Å².